The zero-order valence-corrected chi connectivity index (χ0v) is 13.2. The summed E-state index contributed by atoms with van der Waals surface area (Å²) >= 11 is 3.68. The molecule has 2 heteroatoms. The fourth-order valence-electron chi connectivity index (χ4n) is 2.44. The topological polar surface area (TPSA) is 3.24 Å². The second-order valence-electron chi connectivity index (χ2n) is 6.77. The first-order valence-corrected chi connectivity index (χ1v) is 7.75. The van der Waals surface area contributed by atoms with Gasteiger partial charge in [0, 0.05) is 18.4 Å². The van der Waals surface area contributed by atoms with Crippen molar-refractivity contribution in [2.45, 2.75) is 41.0 Å². The van der Waals surface area contributed by atoms with Gasteiger partial charge in [-0.1, -0.05) is 50.5 Å². The maximum absolute atomic E-state index is 3.68. The third-order valence-electron chi connectivity index (χ3n) is 4.14. The normalized spacial score (nSPS) is 25.3. The van der Waals surface area contributed by atoms with Crippen LogP contribution >= 0.6 is 15.9 Å². The number of hydrogen-bond acceptors (Lipinski definition) is 1. The summed E-state index contributed by atoms with van der Waals surface area (Å²) in [7, 11) is 0. The SMILES string of the molecule is CC(C)C1CCN(CC(CBr)C(C)(C)C)C1. The van der Waals surface area contributed by atoms with E-state index in [0.29, 0.717) is 5.41 Å². The molecule has 1 aliphatic rings. The molecule has 0 saturated carbocycles. The van der Waals surface area contributed by atoms with E-state index in [4.69, 9.17) is 0 Å². The molecule has 0 amide bonds. The molecule has 0 aromatic carbocycles. The van der Waals surface area contributed by atoms with E-state index in [0.717, 1.165) is 23.1 Å². The zero-order valence-electron chi connectivity index (χ0n) is 11.6. The van der Waals surface area contributed by atoms with Gasteiger partial charge in [-0.05, 0) is 36.1 Å². The molecule has 0 bridgehead atoms. The van der Waals surface area contributed by atoms with E-state index < -0.39 is 0 Å². The fraction of sp³-hybridized carbons (Fsp3) is 1.00. The number of rotatable bonds is 4. The molecule has 0 aliphatic carbocycles. The van der Waals surface area contributed by atoms with Crippen molar-refractivity contribution < 1.29 is 0 Å². The molecule has 16 heavy (non-hydrogen) atoms. The van der Waals surface area contributed by atoms with Gasteiger partial charge in [-0.3, -0.25) is 0 Å². The van der Waals surface area contributed by atoms with Gasteiger partial charge >= 0.3 is 0 Å². The summed E-state index contributed by atoms with van der Waals surface area (Å²) < 4.78 is 0. The Balaban J connectivity index is 2.44. The molecule has 0 aromatic heterocycles. The van der Waals surface area contributed by atoms with Crippen molar-refractivity contribution in [1.82, 2.24) is 4.90 Å². The lowest BCUT2D eigenvalue weighted by molar-refractivity contribution is 0.181. The van der Waals surface area contributed by atoms with Crippen LogP contribution in [-0.2, 0) is 0 Å². The molecule has 1 saturated heterocycles. The lowest BCUT2D eigenvalue weighted by atomic mass is 9.82. The largest absolute Gasteiger partial charge is 0.303 e. The summed E-state index contributed by atoms with van der Waals surface area (Å²) in [6, 6.07) is 0. The first-order valence-electron chi connectivity index (χ1n) is 6.63. The van der Waals surface area contributed by atoms with Crippen molar-refractivity contribution in [2.24, 2.45) is 23.2 Å². The highest BCUT2D eigenvalue weighted by Gasteiger charge is 2.30. The van der Waals surface area contributed by atoms with E-state index in [1.165, 1.54) is 26.1 Å². The lowest BCUT2D eigenvalue weighted by Gasteiger charge is -2.33. The number of likely N-dealkylation sites (tertiary alicyclic amines) is 1. The predicted molar refractivity (Wildman–Crippen MR) is 76.1 cm³/mol. The monoisotopic (exact) mass is 289 g/mol. The summed E-state index contributed by atoms with van der Waals surface area (Å²) in [5.41, 5.74) is 0.416. The summed E-state index contributed by atoms with van der Waals surface area (Å²) in [6.07, 6.45) is 1.40. The fourth-order valence-corrected chi connectivity index (χ4v) is 3.61. The van der Waals surface area contributed by atoms with Gasteiger partial charge in [0.05, 0.1) is 0 Å². The Morgan fingerprint density at radius 2 is 1.94 bits per heavy atom. The van der Waals surface area contributed by atoms with Crippen molar-refractivity contribution in [1.29, 1.82) is 0 Å². The number of hydrogen-bond donors (Lipinski definition) is 0. The molecule has 0 radical (unpaired) electrons. The van der Waals surface area contributed by atoms with E-state index in [9.17, 15) is 0 Å². The Labute approximate surface area is 110 Å². The average Bonchev–Trinajstić information content (AvgIpc) is 2.60. The molecule has 1 fully saturated rings. The van der Waals surface area contributed by atoms with Crippen LogP contribution in [0.5, 0.6) is 0 Å². The summed E-state index contributed by atoms with van der Waals surface area (Å²) in [6.45, 7) is 15.7. The first kappa shape index (κ1) is 14.5. The molecule has 2 atom stereocenters. The summed E-state index contributed by atoms with van der Waals surface area (Å²) in [5, 5.41) is 1.12. The highest BCUT2D eigenvalue weighted by Crippen LogP contribution is 2.31. The van der Waals surface area contributed by atoms with Crippen molar-refractivity contribution in [3.63, 3.8) is 0 Å². The van der Waals surface area contributed by atoms with Crippen molar-refractivity contribution in [3.8, 4) is 0 Å². The molecule has 0 N–H and O–H groups in total. The van der Waals surface area contributed by atoms with Crippen LogP contribution in [0, 0.1) is 23.2 Å². The zero-order chi connectivity index (χ0) is 12.3. The Kier molecular flexibility index (Phi) is 5.31. The Morgan fingerprint density at radius 1 is 1.31 bits per heavy atom. The minimum atomic E-state index is 0.416. The van der Waals surface area contributed by atoms with Gasteiger partial charge in [0.15, 0.2) is 0 Å². The first-order chi connectivity index (χ1) is 7.34. The van der Waals surface area contributed by atoms with E-state index >= 15 is 0 Å². The molecule has 96 valence electrons. The number of nitrogens with zero attached hydrogens (tertiary/aromatic N) is 1. The second-order valence-corrected chi connectivity index (χ2v) is 7.42. The Morgan fingerprint density at radius 3 is 2.31 bits per heavy atom. The quantitative estimate of drug-likeness (QED) is 0.707. The molecule has 1 rings (SSSR count). The lowest BCUT2D eigenvalue weighted by Crippen LogP contribution is -2.35. The molecular weight excluding hydrogens is 262 g/mol. The van der Waals surface area contributed by atoms with Crippen LogP contribution in [0.25, 0.3) is 0 Å². The van der Waals surface area contributed by atoms with Crippen LogP contribution < -0.4 is 0 Å². The molecule has 2 unspecified atom stereocenters. The van der Waals surface area contributed by atoms with Crippen LogP contribution in [0.1, 0.15) is 41.0 Å². The second kappa shape index (κ2) is 5.86. The predicted octanol–water partition coefficient (Wildman–Crippen LogP) is 4.02. The van der Waals surface area contributed by atoms with Gasteiger partial charge in [0.1, 0.15) is 0 Å². The smallest absolute Gasteiger partial charge is 0.00768 e. The highest BCUT2D eigenvalue weighted by molar-refractivity contribution is 9.09. The van der Waals surface area contributed by atoms with Crippen LogP contribution in [0.3, 0.4) is 0 Å². The van der Waals surface area contributed by atoms with Crippen LogP contribution in [0.4, 0.5) is 0 Å². The van der Waals surface area contributed by atoms with Crippen molar-refractivity contribution in [3.05, 3.63) is 0 Å². The summed E-state index contributed by atoms with van der Waals surface area (Å²) in [4.78, 5) is 2.67. The Hall–Kier alpha value is 0.440. The molecule has 0 aromatic rings. The molecule has 1 aliphatic heterocycles. The van der Waals surface area contributed by atoms with Gasteiger partial charge < -0.3 is 4.90 Å². The van der Waals surface area contributed by atoms with Crippen LogP contribution in [0.2, 0.25) is 0 Å². The maximum atomic E-state index is 3.68. The van der Waals surface area contributed by atoms with E-state index in [1.54, 1.807) is 0 Å². The van der Waals surface area contributed by atoms with E-state index in [2.05, 4.69) is 55.4 Å². The maximum Gasteiger partial charge on any atom is 0.00768 e. The van der Waals surface area contributed by atoms with Gasteiger partial charge in [0.2, 0.25) is 0 Å². The van der Waals surface area contributed by atoms with Crippen LogP contribution in [0.15, 0.2) is 0 Å². The third kappa shape index (κ3) is 4.03. The van der Waals surface area contributed by atoms with E-state index in [1.807, 2.05) is 0 Å². The minimum absolute atomic E-state index is 0.416. The number of halogens is 1. The van der Waals surface area contributed by atoms with Crippen molar-refractivity contribution >= 4 is 15.9 Å². The standard InChI is InChI=1S/C14H28BrN/c1-11(2)12-6-7-16(9-12)10-13(8-15)14(3,4)5/h11-13H,6-10H2,1-5H3. The van der Waals surface area contributed by atoms with E-state index in [-0.39, 0.29) is 0 Å². The molecular formula is C14H28BrN. The summed E-state index contributed by atoms with van der Waals surface area (Å²) in [5.74, 6) is 2.54. The van der Waals surface area contributed by atoms with Gasteiger partial charge in [-0.15, -0.1) is 0 Å². The molecule has 0 spiro atoms. The third-order valence-corrected chi connectivity index (χ3v) is 4.92. The molecule has 1 nitrogen and oxygen atoms in total. The molecule has 1 heterocycles. The Bertz CT molecular complexity index is 207. The van der Waals surface area contributed by atoms with Gasteiger partial charge in [-0.25, -0.2) is 0 Å². The van der Waals surface area contributed by atoms with Gasteiger partial charge in [-0.2, -0.15) is 0 Å². The highest BCUT2D eigenvalue weighted by atomic mass is 79.9. The average molecular weight is 290 g/mol. The number of alkyl halides is 1. The van der Waals surface area contributed by atoms with Gasteiger partial charge in [0.25, 0.3) is 0 Å². The minimum Gasteiger partial charge on any atom is -0.303 e. The van der Waals surface area contributed by atoms with Crippen molar-refractivity contribution in [2.75, 3.05) is 25.0 Å². The van der Waals surface area contributed by atoms with Crippen LogP contribution in [-0.4, -0.2) is 29.9 Å².